The number of carbonyl (C=O) groups is 1. The number of nitrogens with one attached hydrogen (secondary N) is 1. The van der Waals surface area contributed by atoms with Gasteiger partial charge in [0.2, 0.25) is 0 Å². The molecule has 1 amide bonds. The van der Waals surface area contributed by atoms with Crippen LogP contribution in [0.3, 0.4) is 0 Å². The van der Waals surface area contributed by atoms with Crippen LogP contribution in [0.15, 0.2) is 30.3 Å². The molecule has 0 saturated heterocycles. The normalized spacial score (nSPS) is 14.2. The van der Waals surface area contributed by atoms with Crippen molar-refractivity contribution in [3.63, 3.8) is 0 Å². The number of nitrogens with zero attached hydrogens (tertiary/aromatic N) is 1. The Balaban J connectivity index is 2.14. The summed E-state index contributed by atoms with van der Waals surface area (Å²) < 4.78 is 1.87. The topological polar surface area (TPSA) is 54.3 Å². The molecule has 108 valence electrons. The second-order valence-electron chi connectivity index (χ2n) is 5.26. The Morgan fingerprint density at radius 1 is 1.45 bits per heavy atom. The summed E-state index contributed by atoms with van der Waals surface area (Å²) >= 11 is 1.56. The molecule has 0 fully saturated rings. The lowest BCUT2D eigenvalue weighted by atomic mass is 10.1. The fourth-order valence-corrected chi connectivity index (χ4v) is 2.95. The van der Waals surface area contributed by atoms with Gasteiger partial charge in [0.05, 0.1) is 5.60 Å². The molecule has 1 aromatic heterocycles. The molecule has 4 nitrogen and oxygen atoms in total. The van der Waals surface area contributed by atoms with Gasteiger partial charge in [-0.3, -0.25) is 4.79 Å². The van der Waals surface area contributed by atoms with E-state index in [1.807, 2.05) is 48.2 Å². The van der Waals surface area contributed by atoms with Gasteiger partial charge in [-0.05, 0) is 25.3 Å². The number of fused-ring (bicyclic) bond motifs is 1. The number of para-hydroxylation sites is 1. The minimum atomic E-state index is -0.889. The molecule has 0 saturated carbocycles. The Bertz CT molecular complexity index is 619. The van der Waals surface area contributed by atoms with Crippen molar-refractivity contribution in [2.45, 2.75) is 12.5 Å². The number of aryl methyl sites for hydroxylation is 1. The van der Waals surface area contributed by atoms with E-state index in [1.165, 1.54) is 0 Å². The lowest BCUT2D eigenvalue weighted by Gasteiger charge is -2.22. The van der Waals surface area contributed by atoms with E-state index in [2.05, 4.69) is 5.32 Å². The molecular formula is C15H20N2O2S. The van der Waals surface area contributed by atoms with Gasteiger partial charge in [0.25, 0.3) is 5.91 Å². The zero-order valence-electron chi connectivity index (χ0n) is 12.0. The number of hydrogen-bond donors (Lipinski definition) is 2. The van der Waals surface area contributed by atoms with Crippen molar-refractivity contribution in [1.29, 1.82) is 0 Å². The van der Waals surface area contributed by atoms with Crippen molar-refractivity contribution in [3.05, 3.63) is 36.0 Å². The van der Waals surface area contributed by atoms with Crippen LogP contribution in [0, 0.1) is 0 Å². The maximum Gasteiger partial charge on any atom is 0.268 e. The summed E-state index contributed by atoms with van der Waals surface area (Å²) in [7, 11) is 1.87. The molecule has 1 aromatic carbocycles. The van der Waals surface area contributed by atoms with Crippen LogP contribution in [0.5, 0.6) is 0 Å². The van der Waals surface area contributed by atoms with Crippen LogP contribution in [0.4, 0.5) is 0 Å². The number of aliphatic hydroxyl groups is 1. The van der Waals surface area contributed by atoms with Gasteiger partial charge in [0, 0.05) is 30.2 Å². The average molecular weight is 292 g/mol. The average Bonchev–Trinajstić information content (AvgIpc) is 2.74. The van der Waals surface area contributed by atoms with Crippen molar-refractivity contribution >= 4 is 28.6 Å². The number of aromatic nitrogens is 1. The van der Waals surface area contributed by atoms with Crippen LogP contribution < -0.4 is 5.32 Å². The largest absolute Gasteiger partial charge is 0.387 e. The standard InChI is InChI=1S/C15H20N2O2S/c1-15(19,10-20-3)9-16-14(18)13-8-11-6-4-5-7-12(11)17(13)2/h4-8,19H,9-10H2,1-3H3,(H,16,18). The minimum Gasteiger partial charge on any atom is -0.387 e. The van der Waals surface area contributed by atoms with Crippen LogP contribution in [0.25, 0.3) is 10.9 Å². The van der Waals surface area contributed by atoms with Gasteiger partial charge in [-0.2, -0.15) is 11.8 Å². The van der Waals surface area contributed by atoms with Gasteiger partial charge in [-0.1, -0.05) is 18.2 Å². The fraction of sp³-hybridized carbons (Fsp3) is 0.400. The van der Waals surface area contributed by atoms with Crippen LogP contribution >= 0.6 is 11.8 Å². The monoisotopic (exact) mass is 292 g/mol. The first-order chi connectivity index (χ1) is 9.44. The fourth-order valence-electron chi connectivity index (χ4n) is 2.23. The Morgan fingerprint density at radius 2 is 2.15 bits per heavy atom. The van der Waals surface area contributed by atoms with Gasteiger partial charge >= 0.3 is 0 Å². The van der Waals surface area contributed by atoms with Crippen LogP contribution in [0.1, 0.15) is 17.4 Å². The molecule has 0 aliphatic rings. The first-order valence-electron chi connectivity index (χ1n) is 6.48. The van der Waals surface area contributed by atoms with E-state index in [0.717, 1.165) is 10.9 Å². The summed E-state index contributed by atoms with van der Waals surface area (Å²) in [6.45, 7) is 1.97. The van der Waals surface area contributed by atoms with Crippen molar-refractivity contribution in [3.8, 4) is 0 Å². The summed E-state index contributed by atoms with van der Waals surface area (Å²) in [6.07, 6.45) is 1.93. The third-order valence-corrected chi connectivity index (χ3v) is 4.18. The van der Waals surface area contributed by atoms with E-state index in [0.29, 0.717) is 11.4 Å². The van der Waals surface area contributed by atoms with Crippen LogP contribution in [-0.4, -0.2) is 39.7 Å². The molecule has 5 heteroatoms. The highest BCUT2D eigenvalue weighted by atomic mass is 32.2. The Kier molecular flexibility index (Phi) is 4.40. The van der Waals surface area contributed by atoms with Gasteiger partial charge in [0.1, 0.15) is 5.69 Å². The Labute approximate surface area is 123 Å². The van der Waals surface area contributed by atoms with E-state index in [-0.39, 0.29) is 12.5 Å². The van der Waals surface area contributed by atoms with Gasteiger partial charge in [-0.15, -0.1) is 0 Å². The molecule has 2 aromatic rings. The Morgan fingerprint density at radius 3 is 2.80 bits per heavy atom. The summed E-state index contributed by atoms with van der Waals surface area (Å²) in [5.41, 5.74) is 0.735. The van der Waals surface area contributed by atoms with Crippen LogP contribution in [-0.2, 0) is 7.05 Å². The molecule has 1 unspecified atom stereocenters. The predicted octanol–water partition coefficient (Wildman–Crippen LogP) is 2.02. The zero-order valence-corrected chi connectivity index (χ0v) is 12.8. The first kappa shape index (κ1) is 14.9. The smallest absolute Gasteiger partial charge is 0.268 e. The predicted molar refractivity (Wildman–Crippen MR) is 84.3 cm³/mol. The molecule has 1 atom stereocenters. The number of hydrogen-bond acceptors (Lipinski definition) is 3. The Hall–Kier alpha value is -1.46. The maximum absolute atomic E-state index is 12.2. The second-order valence-corrected chi connectivity index (χ2v) is 6.13. The third-order valence-electron chi connectivity index (χ3n) is 3.27. The van der Waals surface area contributed by atoms with E-state index >= 15 is 0 Å². The van der Waals surface area contributed by atoms with Crippen molar-refractivity contribution in [1.82, 2.24) is 9.88 Å². The summed E-state index contributed by atoms with van der Waals surface area (Å²) in [4.78, 5) is 12.2. The highest BCUT2D eigenvalue weighted by molar-refractivity contribution is 7.98. The number of amides is 1. The summed E-state index contributed by atoms with van der Waals surface area (Å²) in [5, 5.41) is 13.9. The third kappa shape index (κ3) is 3.16. The molecule has 0 bridgehead atoms. The highest BCUT2D eigenvalue weighted by Crippen LogP contribution is 2.18. The van der Waals surface area contributed by atoms with E-state index in [4.69, 9.17) is 0 Å². The lowest BCUT2D eigenvalue weighted by Crippen LogP contribution is -2.42. The van der Waals surface area contributed by atoms with Gasteiger partial charge in [-0.25, -0.2) is 0 Å². The quantitative estimate of drug-likeness (QED) is 0.886. The number of thioether (sulfide) groups is 1. The molecule has 2 N–H and O–H groups in total. The molecular weight excluding hydrogens is 272 g/mol. The lowest BCUT2D eigenvalue weighted by molar-refractivity contribution is 0.0721. The van der Waals surface area contributed by atoms with Crippen molar-refractivity contribution < 1.29 is 9.90 Å². The SMILES string of the molecule is CSCC(C)(O)CNC(=O)c1cc2ccccc2n1C. The van der Waals surface area contributed by atoms with E-state index < -0.39 is 5.60 Å². The van der Waals surface area contributed by atoms with Crippen molar-refractivity contribution in [2.24, 2.45) is 7.05 Å². The number of carbonyl (C=O) groups excluding carboxylic acids is 1. The molecule has 2 rings (SSSR count). The number of rotatable bonds is 5. The molecule has 0 aliphatic heterocycles. The molecule has 20 heavy (non-hydrogen) atoms. The maximum atomic E-state index is 12.2. The van der Waals surface area contributed by atoms with Gasteiger partial charge < -0.3 is 15.0 Å². The van der Waals surface area contributed by atoms with Crippen LogP contribution in [0.2, 0.25) is 0 Å². The highest BCUT2D eigenvalue weighted by Gasteiger charge is 2.21. The molecule has 0 aliphatic carbocycles. The molecule has 0 radical (unpaired) electrons. The van der Waals surface area contributed by atoms with E-state index in [1.54, 1.807) is 18.7 Å². The zero-order chi connectivity index (χ0) is 14.8. The van der Waals surface area contributed by atoms with Crippen molar-refractivity contribution in [2.75, 3.05) is 18.6 Å². The van der Waals surface area contributed by atoms with E-state index in [9.17, 15) is 9.90 Å². The minimum absolute atomic E-state index is 0.162. The number of benzene rings is 1. The first-order valence-corrected chi connectivity index (χ1v) is 7.88. The summed E-state index contributed by atoms with van der Waals surface area (Å²) in [6, 6.07) is 9.74. The second kappa shape index (κ2) is 5.89. The molecule has 0 spiro atoms. The summed E-state index contributed by atoms with van der Waals surface area (Å²) in [5.74, 6) is 0.424. The molecule has 1 heterocycles. The van der Waals surface area contributed by atoms with Gasteiger partial charge in [0.15, 0.2) is 0 Å².